The van der Waals surface area contributed by atoms with Crippen LogP contribution in [0.3, 0.4) is 0 Å². The lowest BCUT2D eigenvalue weighted by molar-refractivity contribution is -0.149. The summed E-state index contributed by atoms with van der Waals surface area (Å²) in [6, 6.07) is -0.562. The Morgan fingerprint density at radius 2 is 1.71 bits per heavy atom. The van der Waals surface area contributed by atoms with Crippen LogP contribution in [0.15, 0.2) is 0 Å². The Morgan fingerprint density at radius 3 is 2.10 bits per heavy atom. The molecule has 1 atom stereocenters. The molecule has 21 heavy (non-hydrogen) atoms. The normalized spacial score (nSPS) is 20.0. The third kappa shape index (κ3) is 5.07. The van der Waals surface area contributed by atoms with Gasteiger partial charge in [-0.05, 0) is 13.3 Å². The van der Waals surface area contributed by atoms with Crippen LogP contribution in [0.4, 0.5) is 18.0 Å². The van der Waals surface area contributed by atoms with Gasteiger partial charge in [0.05, 0.1) is 6.54 Å². The van der Waals surface area contributed by atoms with Crippen molar-refractivity contribution in [1.82, 2.24) is 15.1 Å². The molecule has 1 fully saturated rings. The molecule has 1 unspecified atom stereocenters. The van der Waals surface area contributed by atoms with Gasteiger partial charge >= 0.3 is 18.2 Å². The molecule has 6 nitrogen and oxygen atoms in total. The highest BCUT2D eigenvalue weighted by Crippen LogP contribution is 2.18. The van der Waals surface area contributed by atoms with Crippen molar-refractivity contribution in [3.05, 3.63) is 0 Å². The molecule has 1 aliphatic heterocycles. The van der Waals surface area contributed by atoms with Crippen LogP contribution < -0.4 is 5.32 Å². The number of nitrogens with one attached hydrogen (secondary N) is 1. The molecule has 2 N–H and O–H groups in total. The number of hydrogen-bond acceptors (Lipinski definition) is 3. The molecule has 0 aromatic heterocycles. The number of halogens is 3. The number of alkyl halides is 3. The van der Waals surface area contributed by atoms with Crippen LogP contribution in [-0.2, 0) is 4.79 Å². The molecule has 1 aliphatic rings. The summed E-state index contributed by atoms with van der Waals surface area (Å²) in [5.74, 6) is -1.14. The SMILES string of the molecule is CCC(C)(NC(=O)N1CCN(CC(F)(F)F)CC1)C(=O)O. The second-order valence-corrected chi connectivity index (χ2v) is 5.30. The highest BCUT2D eigenvalue weighted by molar-refractivity contribution is 5.85. The average molecular weight is 311 g/mol. The summed E-state index contributed by atoms with van der Waals surface area (Å²) in [5, 5.41) is 11.5. The maximum atomic E-state index is 12.3. The Bertz CT molecular complexity index is 395. The number of carboxylic acids is 1. The zero-order valence-electron chi connectivity index (χ0n) is 12.0. The number of aliphatic carboxylic acids is 1. The predicted molar refractivity (Wildman–Crippen MR) is 68.9 cm³/mol. The summed E-state index contributed by atoms with van der Waals surface area (Å²) in [5.41, 5.74) is -1.37. The molecule has 0 aromatic rings. The van der Waals surface area contributed by atoms with E-state index in [2.05, 4.69) is 5.32 Å². The molecule has 1 saturated heterocycles. The lowest BCUT2D eigenvalue weighted by atomic mass is 10.00. The summed E-state index contributed by atoms with van der Waals surface area (Å²) in [4.78, 5) is 25.7. The zero-order valence-corrected chi connectivity index (χ0v) is 12.0. The number of carbonyl (C=O) groups excluding carboxylic acids is 1. The number of carbonyl (C=O) groups is 2. The van der Waals surface area contributed by atoms with Crippen LogP contribution in [0.5, 0.6) is 0 Å². The standard InChI is InChI=1S/C12H20F3N3O3/c1-3-11(2,9(19)20)16-10(21)18-6-4-17(5-7-18)8-12(13,14)15/h3-8H2,1-2H3,(H,16,21)(H,19,20). The molecule has 0 aromatic carbocycles. The van der Waals surface area contributed by atoms with E-state index in [0.29, 0.717) is 0 Å². The molecular weight excluding hydrogens is 291 g/mol. The number of rotatable bonds is 4. The third-order valence-electron chi connectivity index (χ3n) is 3.62. The van der Waals surface area contributed by atoms with Crippen molar-refractivity contribution >= 4 is 12.0 Å². The fourth-order valence-electron chi connectivity index (χ4n) is 1.97. The maximum Gasteiger partial charge on any atom is 0.401 e. The van der Waals surface area contributed by atoms with Crippen molar-refractivity contribution < 1.29 is 27.9 Å². The van der Waals surface area contributed by atoms with E-state index < -0.39 is 30.3 Å². The van der Waals surface area contributed by atoms with Gasteiger partial charge in [0.1, 0.15) is 5.54 Å². The van der Waals surface area contributed by atoms with Crippen LogP contribution in [-0.4, -0.2) is 71.3 Å². The van der Waals surface area contributed by atoms with Gasteiger partial charge in [-0.15, -0.1) is 0 Å². The predicted octanol–water partition coefficient (Wildman–Crippen LogP) is 1.13. The molecule has 122 valence electrons. The number of piperazine rings is 1. The van der Waals surface area contributed by atoms with Gasteiger partial charge < -0.3 is 15.3 Å². The van der Waals surface area contributed by atoms with Crippen LogP contribution in [0.25, 0.3) is 0 Å². The molecule has 0 radical (unpaired) electrons. The van der Waals surface area contributed by atoms with Gasteiger partial charge in [0.2, 0.25) is 0 Å². The average Bonchev–Trinajstić information content (AvgIpc) is 2.37. The molecule has 0 bridgehead atoms. The summed E-state index contributed by atoms with van der Waals surface area (Å²) >= 11 is 0. The fraction of sp³-hybridized carbons (Fsp3) is 0.833. The Balaban J connectivity index is 2.51. The fourth-order valence-corrected chi connectivity index (χ4v) is 1.97. The first-order chi connectivity index (χ1) is 9.57. The van der Waals surface area contributed by atoms with Crippen LogP contribution in [0, 0.1) is 0 Å². The minimum atomic E-state index is -4.26. The van der Waals surface area contributed by atoms with Crippen LogP contribution >= 0.6 is 0 Å². The van der Waals surface area contributed by atoms with Gasteiger partial charge in [-0.3, -0.25) is 4.90 Å². The van der Waals surface area contributed by atoms with Crippen LogP contribution in [0.1, 0.15) is 20.3 Å². The van der Waals surface area contributed by atoms with E-state index in [0.717, 1.165) is 0 Å². The number of hydrogen-bond donors (Lipinski definition) is 2. The topological polar surface area (TPSA) is 72.9 Å². The zero-order chi connectivity index (χ0) is 16.3. The van der Waals surface area contributed by atoms with Crippen molar-refractivity contribution in [3.63, 3.8) is 0 Å². The van der Waals surface area contributed by atoms with Crippen molar-refractivity contribution in [2.24, 2.45) is 0 Å². The Labute approximate surface area is 120 Å². The van der Waals surface area contributed by atoms with E-state index >= 15 is 0 Å². The molecule has 1 heterocycles. The molecule has 0 spiro atoms. The molecular formula is C12H20F3N3O3. The highest BCUT2D eigenvalue weighted by Gasteiger charge is 2.36. The summed E-state index contributed by atoms with van der Waals surface area (Å²) < 4.78 is 36.8. The van der Waals surface area contributed by atoms with Crippen LogP contribution in [0.2, 0.25) is 0 Å². The quantitative estimate of drug-likeness (QED) is 0.816. The van der Waals surface area contributed by atoms with Gasteiger partial charge in [0.25, 0.3) is 0 Å². The van der Waals surface area contributed by atoms with Gasteiger partial charge in [-0.25, -0.2) is 9.59 Å². The second kappa shape index (κ2) is 6.50. The Morgan fingerprint density at radius 1 is 1.19 bits per heavy atom. The maximum absolute atomic E-state index is 12.3. The van der Waals surface area contributed by atoms with Gasteiger partial charge in [-0.1, -0.05) is 6.92 Å². The summed E-state index contributed by atoms with van der Waals surface area (Å²) in [6.45, 7) is 2.54. The van der Waals surface area contributed by atoms with E-state index in [1.807, 2.05) is 0 Å². The number of nitrogens with zero attached hydrogens (tertiary/aromatic N) is 2. The van der Waals surface area contributed by atoms with Gasteiger partial charge in [0, 0.05) is 26.2 Å². The van der Waals surface area contributed by atoms with Crippen molar-refractivity contribution in [2.45, 2.75) is 32.0 Å². The van der Waals surface area contributed by atoms with E-state index in [1.165, 1.54) is 16.7 Å². The van der Waals surface area contributed by atoms with Crippen molar-refractivity contribution in [1.29, 1.82) is 0 Å². The first-order valence-corrected chi connectivity index (χ1v) is 6.67. The molecule has 1 rings (SSSR count). The molecule has 2 amide bonds. The second-order valence-electron chi connectivity index (χ2n) is 5.30. The van der Waals surface area contributed by atoms with Gasteiger partial charge in [0.15, 0.2) is 0 Å². The van der Waals surface area contributed by atoms with Crippen molar-refractivity contribution in [2.75, 3.05) is 32.7 Å². The third-order valence-corrected chi connectivity index (χ3v) is 3.62. The van der Waals surface area contributed by atoms with E-state index in [4.69, 9.17) is 5.11 Å². The van der Waals surface area contributed by atoms with Crippen molar-refractivity contribution in [3.8, 4) is 0 Å². The summed E-state index contributed by atoms with van der Waals surface area (Å²) in [6.07, 6.45) is -4.05. The molecule has 0 aliphatic carbocycles. The molecule has 0 saturated carbocycles. The first kappa shape index (κ1) is 17.5. The summed E-state index contributed by atoms with van der Waals surface area (Å²) in [7, 11) is 0. The lowest BCUT2D eigenvalue weighted by Gasteiger charge is -2.36. The largest absolute Gasteiger partial charge is 0.480 e. The van der Waals surface area contributed by atoms with E-state index in [1.54, 1.807) is 6.92 Å². The van der Waals surface area contributed by atoms with E-state index in [9.17, 15) is 22.8 Å². The molecule has 9 heteroatoms. The smallest absolute Gasteiger partial charge is 0.401 e. The highest BCUT2D eigenvalue weighted by atomic mass is 19.4. The number of carboxylic acid groups (broad SMARTS) is 1. The number of amides is 2. The van der Waals surface area contributed by atoms with E-state index in [-0.39, 0.29) is 32.6 Å². The minimum Gasteiger partial charge on any atom is -0.480 e. The number of urea groups is 1. The minimum absolute atomic E-state index is 0.114. The monoisotopic (exact) mass is 311 g/mol. The Kier molecular flexibility index (Phi) is 5.43. The Hall–Kier alpha value is -1.51. The lowest BCUT2D eigenvalue weighted by Crippen LogP contribution is -2.59. The first-order valence-electron chi connectivity index (χ1n) is 6.67. The van der Waals surface area contributed by atoms with Gasteiger partial charge in [-0.2, -0.15) is 13.2 Å².